The number of hydrogen-bond acceptors (Lipinski definition) is 4. The van der Waals surface area contributed by atoms with Crippen LogP contribution in [0.15, 0.2) is 42.7 Å². The summed E-state index contributed by atoms with van der Waals surface area (Å²) in [4.78, 5) is 26.0. The Hall–Kier alpha value is -2.76. The second-order valence-corrected chi connectivity index (χ2v) is 3.95. The van der Waals surface area contributed by atoms with Crippen LogP contribution in [0.25, 0.3) is 0 Å². The van der Waals surface area contributed by atoms with Crippen LogP contribution in [0.3, 0.4) is 0 Å². The van der Waals surface area contributed by atoms with Crippen molar-refractivity contribution < 1.29 is 9.72 Å². The van der Waals surface area contributed by atoms with Gasteiger partial charge in [-0.05, 0) is 31.2 Å². The van der Waals surface area contributed by atoms with Gasteiger partial charge in [-0.15, -0.1) is 0 Å². The van der Waals surface area contributed by atoms with Crippen molar-refractivity contribution in [1.29, 1.82) is 0 Å². The highest BCUT2D eigenvalue weighted by Gasteiger charge is 2.13. The molecule has 0 spiro atoms. The Labute approximate surface area is 109 Å². The molecule has 19 heavy (non-hydrogen) atoms. The molecule has 0 aliphatic rings. The minimum atomic E-state index is -0.474. The average molecular weight is 257 g/mol. The average Bonchev–Trinajstić information content (AvgIpc) is 2.39. The smallest absolute Gasteiger partial charge is 0.272 e. The number of hydrogen-bond donors (Lipinski definition) is 1. The summed E-state index contributed by atoms with van der Waals surface area (Å²) in [6.07, 6.45) is 3.13. The maximum absolute atomic E-state index is 11.9. The fraction of sp³-hybridized carbons (Fsp3) is 0.0769. The van der Waals surface area contributed by atoms with E-state index in [1.54, 1.807) is 25.3 Å². The van der Waals surface area contributed by atoms with E-state index < -0.39 is 4.92 Å². The zero-order valence-electron chi connectivity index (χ0n) is 10.2. The van der Waals surface area contributed by atoms with Crippen LogP contribution < -0.4 is 5.32 Å². The Bertz CT molecular complexity index is 626. The molecule has 1 N–H and O–H groups in total. The summed E-state index contributed by atoms with van der Waals surface area (Å²) in [5.74, 6) is -0.328. The van der Waals surface area contributed by atoms with E-state index in [4.69, 9.17) is 0 Å². The van der Waals surface area contributed by atoms with Crippen LogP contribution in [-0.2, 0) is 0 Å². The number of amides is 1. The summed E-state index contributed by atoms with van der Waals surface area (Å²) in [6, 6.07) is 7.66. The number of carbonyl (C=O) groups is 1. The summed E-state index contributed by atoms with van der Waals surface area (Å²) in [5, 5.41) is 13.4. The normalized spacial score (nSPS) is 9.95. The van der Waals surface area contributed by atoms with E-state index in [0.29, 0.717) is 16.8 Å². The lowest BCUT2D eigenvalue weighted by Crippen LogP contribution is -2.12. The first-order valence-corrected chi connectivity index (χ1v) is 5.54. The number of nitrogens with one attached hydrogen (secondary N) is 1. The van der Waals surface area contributed by atoms with Crippen LogP contribution in [0.4, 0.5) is 11.4 Å². The van der Waals surface area contributed by atoms with Crippen molar-refractivity contribution in [3.63, 3.8) is 0 Å². The summed E-state index contributed by atoms with van der Waals surface area (Å²) in [7, 11) is 0. The minimum Gasteiger partial charge on any atom is -0.321 e. The van der Waals surface area contributed by atoms with Gasteiger partial charge in [-0.1, -0.05) is 0 Å². The molecular formula is C13H11N3O3. The Morgan fingerprint density at radius 3 is 2.74 bits per heavy atom. The summed E-state index contributed by atoms with van der Waals surface area (Å²) >= 11 is 0. The Kier molecular flexibility index (Phi) is 3.51. The maximum Gasteiger partial charge on any atom is 0.272 e. The van der Waals surface area contributed by atoms with Crippen LogP contribution in [0.2, 0.25) is 0 Å². The van der Waals surface area contributed by atoms with Crippen molar-refractivity contribution in [2.24, 2.45) is 0 Å². The molecule has 0 saturated carbocycles. The molecule has 0 radical (unpaired) electrons. The predicted molar refractivity (Wildman–Crippen MR) is 70.0 cm³/mol. The van der Waals surface area contributed by atoms with Gasteiger partial charge in [0, 0.05) is 23.4 Å². The van der Waals surface area contributed by atoms with Crippen molar-refractivity contribution in [2.45, 2.75) is 6.92 Å². The first kappa shape index (κ1) is 12.7. The van der Waals surface area contributed by atoms with E-state index in [-0.39, 0.29) is 11.6 Å². The van der Waals surface area contributed by atoms with Crippen LogP contribution in [-0.4, -0.2) is 15.8 Å². The SMILES string of the molecule is Cc1cc(C(=O)Nc2cccnc2)ccc1[N+](=O)[O-]. The highest BCUT2D eigenvalue weighted by atomic mass is 16.6. The minimum absolute atomic E-state index is 0.00192. The third-order valence-corrected chi connectivity index (χ3v) is 2.58. The second-order valence-electron chi connectivity index (χ2n) is 3.95. The molecule has 6 nitrogen and oxygen atoms in total. The van der Waals surface area contributed by atoms with E-state index in [1.165, 1.54) is 24.4 Å². The highest BCUT2D eigenvalue weighted by Crippen LogP contribution is 2.19. The predicted octanol–water partition coefficient (Wildman–Crippen LogP) is 2.55. The zero-order valence-corrected chi connectivity index (χ0v) is 10.2. The maximum atomic E-state index is 11.9. The summed E-state index contributed by atoms with van der Waals surface area (Å²) in [5.41, 5.74) is 1.39. The van der Waals surface area contributed by atoms with Gasteiger partial charge in [0.05, 0.1) is 16.8 Å². The molecule has 1 heterocycles. The topological polar surface area (TPSA) is 85.1 Å². The number of nitro groups is 1. The number of nitrogens with zero attached hydrogens (tertiary/aromatic N) is 2. The fourth-order valence-electron chi connectivity index (χ4n) is 1.64. The molecule has 2 aromatic rings. The number of aryl methyl sites for hydroxylation is 1. The van der Waals surface area contributed by atoms with Crippen molar-refractivity contribution >= 4 is 17.3 Å². The van der Waals surface area contributed by atoms with Gasteiger partial charge < -0.3 is 5.32 Å². The van der Waals surface area contributed by atoms with Gasteiger partial charge in [0.2, 0.25) is 0 Å². The highest BCUT2D eigenvalue weighted by molar-refractivity contribution is 6.04. The van der Waals surface area contributed by atoms with Gasteiger partial charge >= 0.3 is 0 Å². The number of nitro benzene ring substituents is 1. The zero-order chi connectivity index (χ0) is 13.8. The third-order valence-electron chi connectivity index (χ3n) is 2.58. The molecule has 0 unspecified atom stereocenters. The van der Waals surface area contributed by atoms with E-state index in [0.717, 1.165) is 0 Å². The van der Waals surface area contributed by atoms with E-state index in [2.05, 4.69) is 10.3 Å². The Morgan fingerprint density at radius 1 is 1.37 bits per heavy atom. The quantitative estimate of drug-likeness (QED) is 0.676. The number of anilines is 1. The van der Waals surface area contributed by atoms with E-state index in [9.17, 15) is 14.9 Å². The molecule has 0 aliphatic carbocycles. The molecule has 2 rings (SSSR count). The van der Waals surface area contributed by atoms with Crippen molar-refractivity contribution in [3.05, 3.63) is 64.0 Å². The van der Waals surface area contributed by atoms with Crippen molar-refractivity contribution in [2.75, 3.05) is 5.32 Å². The van der Waals surface area contributed by atoms with Gasteiger partial charge in [-0.3, -0.25) is 19.9 Å². The van der Waals surface area contributed by atoms with Gasteiger partial charge in [0.25, 0.3) is 11.6 Å². The molecule has 1 aromatic heterocycles. The molecule has 0 saturated heterocycles. The van der Waals surface area contributed by atoms with Crippen molar-refractivity contribution in [1.82, 2.24) is 4.98 Å². The van der Waals surface area contributed by atoms with Gasteiger partial charge in [-0.25, -0.2) is 0 Å². The standard InChI is InChI=1S/C13H11N3O3/c1-9-7-10(4-5-12(9)16(18)19)13(17)15-11-3-2-6-14-8-11/h2-8H,1H3,(H,15,17). The largest absolute Gasteiger partial charge is 0.321 e. The molecule has 1 amide bonds. The lowest BCUT2D eigenvalue weighted by Gasteiger charge is -2.05. The monoisotopic (exact) mass is 257 g/mol. The number of aromatic nitrogens is 1. The van der Waals surface area contributed by atoms with Crippen LogP contribution >= 0.6 is 0 Å². The lowest BCUT2D eigenvalue weighted by molar-refractivity contribution is -0.385. The van der Waals surface area contributed by atoms with E-state index in [1.807, 2.05) is 0 Å². The Balaban J connectivity index is 2.21. The number of benzene rings is 1. The number of carbonyl (C=O) groups excluding carboxylic acids is 1. The fourth-order valence-corrected chi connectivity index (χ4v) is 1.64. The lowest BCUT2D eigenvalue weighted by atomic mass is 10.1. The van der Waals surface area contributed by atoms with E-state index >= 15 is 0 Å². The van der Waals surface area contributed by atoms with Gasteiger partial charge in [0.1, 0.15) is 0 Å². The van der Waals surface area contributed by atoms with Crippen LogP contribution in [0.1, 0.15) is 15.9 Å². The first-order chi connectivity index (χ1) is 9.08. The molecule has 0 atom stereocenters. The van der Waals surface area contributed by atoms with Crippen LogP contribution in [0.5, 0.6) is 0 Å². The first-order valence-electron chi connectivity index (χ1n) is 5.54. The molecular weight excluding hydrogens is 246 g/mol. The van der Waals surface area contributed by atoms with Crippen molar-refractivity contribution in [3.8, 4) is 0 Å². The molecule has 0 aliphatic heterocycles. The third kappa shape index (κ3) is 2.92. The second kappa shape index (κ2) is 5.26. The molecule has 0 fully saturated rings. The molecule has 96 valence electrons. The van der Waals surface area contributed by atoms with Gasteiger partial charge in [0.15, 0.2) is 0 Å². The molecule has 6 heteroatoms. The summed E-state index contributed by atoms with van der Waals surface area (Å²) < 4.78 is 0. The molecule has 1 aromatic carbocycles. The van der Waals surface area contributed by atoms with Gasteiger partial charge in [-0.2, -0.15) is 0 Å². The molecule has 0 bridgehead atoms. The summed E-state index contributed by atoms with van der Waals surface area (Å²) in [6.45, 7) is 1.60. The van der Waals surface area contributed by atoms with Crippen LogP contribution in [0, 0.1) is 17.0 Å². The number of rotatable bonds is 3. The Morgan fingerprint density at radius 2 is 2.16 bits per heavy atom. The number of pyridine rings is 1.